The number of halogens is 1. The summed E-state index contributed by atoms with van der Waals surface area (Å²) in [5.74, 6) is -0.0141. The molecule has 17 heavy (non-hydrogen) atoms. The molecule has 0 aliphatic rings. The summed E-state index contributed by atoms with van der Waals surface area (Å²) >= 11 is 3.36. The molecule has 0 radical (unpaired) electrons. The minimum Gasteiger partial charge on any atom is -0.292 e. The monoisotopic (exact) mass is 290 g/mol. The van der Waals surface area contributed by atoms with Crippen molar-refractivity contribution in [3.05, 3.63) is 58.1 Å². The maximum atomic E-state index is 11.9. The van der Waals surface area contributed by atoms with Crippen LogP contribution in [0.4, 0.5) is 0 Å². The summed E-state index contributed by atoms with van der Waals surface area (Å²) in [6.07, 6.45) is 3.48. The first kappa shape index (κ1) is 11.9. The lowest BCUT2D eigenvalue weighted by atomic mass is 10.1. The van der Waals surface area contributed by atoms with Crippen molar-refractivity contribution in [2.75, 3.05) is 0 Å². The molecule has 0 saturated carbocycles. The summed E-state index contributed by atoms with van der Waals surface area (Å²) < 4.78 is 1.00. The fourth-order valence-corrected chi connectivity index (χ4v) is 1.68. The van der Waals surface area contributed by atoms with Crippen LogP contribution in [-0.2, 0) is 6.42 Å². The second-order valence-corrected chi connectivity index (χ2v) is 4.69. The van der Waals surface area contributed by atoms with Gasteiger partial charge in [0.25, 0.3) is 0 Å². The van der Waals surface area contributed by atoms with Crippen molar-refractivity contribution in [2.45, 2.75) is 13.3 Å². The molecule has 1 heterocycles. The lowest BCUT2D eigenvalue weighted by Gasteiger charge is -2.01. The van der Waals surface area contributed by atoms with E-state index in [1.54, 1.807) is 6.20 Å². The van der Waals surface area contributed by atoms with Crippen LogP contribution in [0.15, 0.2) is 41.1 Å². The molecule has 2 rings (SSSR count). The van der Waals surface area contributed by atoms with Crippen LogP contribution in [0.25, 0.3) is 0 Å². The molecule has 0 unspecified atom stereocenters. The maximum absolute atomic E-state index is 11.9. The average molecular weight is 291 g/mol. The second-order valence-electron chi connectivity index (χ2n) is 3.77. The highest BCUT2D eigenvalue weighted by molar-refractivity contribution is 9.10. The number of aryl methyl sites for hydroxylation is 1. The standard InChI is InChI=1S/C13H11BrN2O/c1-9-7-16-12(8-15-9)13(17)6-10-2-4-11(14)5-3-10/h2-5,7-8H,6H2,1H3. The van der Waals surface area contributed by atoms with Crippen LogP contribution in [0, 0.1) is 6.92 Å². The molecule has 4 heteroatoms. The zero-order valence-corrected chi connectivity index (χ0v) is 10.9. The average Bonchev–Trinajstić information content (AvgIpc) is 2.33. The molecule has 1 aromatic carbocycles. The maximum Gasteiger partial charge on any atom is 0.187 e. The molecule has 0 spiro atoms. The number of carbonyl (C=O) groups excluding carboxylic acids is 1. The van der Waals surface area contributed by atoms with Gasteiger partial charge in [-0.3, -0.25) is 9.78 Å². The van der Waals surface area contributed by atoms with Crippen molar-refractivity contribution in [1.29, 1.82) is 0 Å². The van der Waals surface area contributed by atoms with E-state index < -0.39 is 0 Å². The Bertz CT molecular complexity index is 520. The van der Waals surface area contributed by atoms with Gasteiger partial charge in [0, 0.05) is 17.1 Å². The molecule has 3 nitrogen and oxygen atoms in total. The summed E-state index contributed by atoms with van der Waals surface area (Å²) in [6, 6.07) is 7.68. The summed E-state index contributed by atoms with van der Waals surface area (Å²) in [7, 11) is 0. The van der Waals surface area contributed by atoms with Gasteiger partial charge in [-0.15, -0.1) is 0 Å². The highest BCUT2D eigenvalue weighted by Gasteiger charge is 2.08. The number of hydrogen-bond donors (Lipinski definition) is 0. The molecule has 0 atom stereocenters. The van der Waals surface area contributed by atoms with E-state index in [9.17, 15) is 4.79 Å². The Kier molecular flexibility index (Phi) is 3.64. The fraction of sp³-hybridized carbons (Fsp3) is 0.154. The van der Waals surface area contributed by atoms with Crippen molar-refractivity contribution < 1.29 is 4.79 Å². The molecule has 86 valence electrons. The summed E-state index contributed by atoms with van der Waals surface area (Å²) in [6.45, 7) is 1.84. The molecule has 0 fully saturated rings. The quantitative estimate of drug-likeness (QED) is 0.816. The van der Waals surface area contributed by atoms with E-state index in [1.165, 1.54) is 6.20 Å². The minimum absolute atomic E-state index is 0.0141. The first-order chi connectivity index (χ1) is 8.15. The molecular weight excluding hydrogens is 280 g/mol. The number of benzene rings is 1. The van der Waals surface area contributed by atoms with Crippen LogP contribution in [0.3, 0.4) is 0 Å². The van der Waals surface area contributed by atoms with Gasteiger partial charge in [-0.2, -0.15) is 0 Å². The van der Waals surface area contributed by atoms with Gasteiger partial charge in [-0.05, 0) is 24.6 Å². The number of aromatic nitrogens is 2. The minimum atomic E-state index is -0.0141. The third kappa shape index (κ3) is 3.20. The Labute approximate surface area is 108 Å². The zero-order chi connectivity index (χ0) is 12.3. The molecule has 0 saturated heterocycles. The second kappa shape index (κ2) is 5.19. The first-order valence-corrected chi connectivity index (χ1v) is 6.01. The highest BCUT2D eigenvalue weighted by Crippen LogP contribution is 2.12. The lowest BCUT2D eigenvalue weighted by molar-refractivity contribution is 0.0988. The van der Waals surface area contributed by atoms with E-state index in [0.29, 0.717) is 12.1 Å². The van der Waals surface area contributed by atoms with Crippen LogP contribution < -0.4 is 0 Å². The van der Waals surface area contributed by atoms with E-state index >= 15 is 0 Å². The Morgan fingerprint density at radius 2 is 1.88 bits per heavy atom. The number of ketones is 1. The Hall–Kier alpha value is -1.55. The molecule has 1 aromatic heterocycles. The van der Waals surface area contributed by atoms with Gasteiger partial charge in [0.15, 0.2) is 5.78 Å². The molecule has 0 aliphatic carbocycles. The van der Waals surface area contributed by atoms with Gasteiger partial charge in [-0.25, -0.2) is 4.98 Å². The first-order valence-electron chi connectivity index (χ1n) is 5.21. The highest BCUT2D eigenvalue weighted by atomic mass is 79.9. The molecule has 0 bridgehead atoms. The zero-order valence-electron chi connectivity index (χ0n) is 9.35. The molecule has 2 aromatic rings. The van der Waals surface area contributed by atoms with Gasteiger partial charge < -0.3 is 0 Å². The van der Waals surface area contributed by atoms with E-state index in [-0.39, 0.29) is 5.78 Å². The van der Waals surface area contributed by atoms with Gasteiger partial charge in [0.05, 0.1) is 11.9 Å². The number of rotatable bonds is 3. The molecule has 0 aliphatic heterocycles. The topological polar surface area (TPSA) is 42.9 Å². The van der Waals surface area contributed by atoms with Crippen molar-refractivity contribution in [1.82, 2.24) is 9.97 Å². The summed E-state index contributed by atoms with van der Waals surface area (Å²) in [4.78, 5) is 20.0. The Balaban J connectivity index is 2.11. The van der Waals surface area contributed by atoms with Crippen molar-refractivity contribution in [3.8, 4) is 0 Å². The largest absolute Gasteiger partial charge is 0.292 e. The van der Waals surface area contributed by atoms with Gasteiger partial charge in [0.2, 0.25) is 0 Å². The number of Topliss-reactive ketones (excluding diaryl/α,β-unsaturated/α-hetero) is 1. The van der Waals surface area contributed by atoms with Gasteiger partial charge >= 0.3 is 0 Å². The van der Waals surface area contributed by atoms with Crippen LogP contribution in [-0.4, -0.2) is 15.8 Å². The van der Waals surface area contributed by atoms with Crippen LogP contribution in [0.5, 0.6) is 0 Å². The smallest absolute Gasteiger partial charge is 0.187 e. The normalized spacial score (nSPS) is 10.2. The molecular formula is C13H11BrN2O. The molecule has 0 amide bonds. The number of nitrogens with zero attached hydrogens (tertiary/aromatic N) is 2. The Morgan fingerprint density at radius 3 is 2.47 bits per heavy atom. The van der Waals surface area contributed by atoms with Crippen molar-refractivity contribution >= 4 is 21.7 Å². The number of hydrogen-bond acceptors (Lipinski definition) is 3. The summed E-state index contributed by atoms with van der Waals surface area (Å²) in [5.41, 5.74) is 2.20. The Morgan fingerprint density at radius 1 is 1.18 bits per heavy atom. The predicted molar refractivity (Wildman–Crippen MR) is 68.9 cm³/mol. The van der Waals surface area contributed by atoms with Crippen molar-refractivity contribution in [2.24, 2.45) is 0 Å². The van der Waals surface area contributed by atoms with Crippen LogP contribution in [0.2, 0.25) is 0 Å². The van der Waals surface area contributed by atoms with Crippen molar-refractivity contribution in [3.63, 3.8) is 0 Å². The van der Waals surface area contributed by atoms with Crippen LogP contribution >= 0.6 is 15.9 Å². The number of carbonyl (C=O) groups is 1. The van der Waals surface area contributed by atoms with E-state index in [4.69, 9.17) is 0 Å². The van der Waals surface area contributed by atoms with E-state index in [2.05, 4.69) is 25.9 Å². The third-order valence-corrected chi connectivity index (χ3v) is 2.87. The summed E-state index contributed by atoms with van der Waals surface area (Å²) in [5, 5.41) is 0. The fourth-order valence-electron chi connectivity index (χ4n) is 1.41. The van der Waals surface area contributed by atoms with Gasteiger partial charge in [-0.1, -0.05) is 28.1 Å². The van der Waals surface area contributed by atoms with E-state index in [0.717, 1.165) is 15.7 Å². The van der Waals surface area contributed by atoms with Gasteiger partial charge in [0.1, 0.15) is 5.69 Å². The molecule has 0 N–H and O–H groups in total. The SMILES string of the molecule is Cc1cnc(C(=O)Cc2ccc(Br)cc2)cn1. The predicted octanol–water partition coefficient (Wildman–Crippen LogP) is 2.97. The van der Waals surface area contributed by atoms with E-state index in [1.807, 2.05) is 31.2 Å². The van der Waals surface area contributed by atoms with Crippen LogP contribution in [0.1, 0.15) is 21.7 Å². The lowest BCUT2D eigenvalue weighted by Crippen LogP contribution is -2.06. The third-order valence-electron chi connectivity index (χ3n) is 2.34.